The van der Waals surface area contributed by atoms with Crippen LogP contribution in [-0.4, -0.2) is 50.4 Å². The molecular weight excluding hydrogens is 370 g/mol. The molecule has 150 valence electrons. The Balaban J connectivity index is 2.12. The Morgan fingerprint density at radius 3 is 2.30 bits per heavy atom. The van der Waals surface area contributed by atoms with Crippen molar-refractivity contribution in [1.82, 2.24) is 5.32 Å². The summed E-state index contributed by atoms with van der Waals surface area (Å²) in [5.74, 6) is -1.18. The number of aliphatic carboxylic acids is 1. The fourth-order valence-electron chi connectivity index (χ4n) is 3.38. The van der Waals surface area contributed by atoms with E-state index in [0.717, 1.165) is 19.3 Å². The molecule has 0 heterocycles. The lowest BCUT2D eigenvalue weighted by Gasteiger charge is -2.37. The van der Waals surface area contributed by atoms with Crippen LogP contribution in [-0.2, 0) is 19.4 Å². The van der Waals surface area contributed by atoms with Crippen molar-refractivity contribution in [2.24, 2.45) is 5.92 Å². The highest BCUT2D eigenvalue weighted by Crippen LogP contribution is 2.34. The minimum Gasteiger partial charge on any atom is -0.480 e. The Kier molecular flexibility index (Phi) is 7.00. The molecule has 1 amide bonds. The van der Waals surface area contributed by atoms with Crippen molar-refractivity contribution in [3.8, 4) is 0 Å². The predicted octanol–water partition coefficient (Wildman–Crippen LogP) is 2.26. The molecule has 7 nitrogen and oxygen atoms in total. The molecule has 0 spiro atoms. The number of rotatable bonds is 8. The van der Waals surface area contributed by atoms with Crippen LogP contribution >= 0.6 is 0 Å². The molecule has 0 radical (unpaired) electrons. The first-order chi connectivity index (χ1) is 12.7. The molecule has 0 unspecified atom stereocenters. The molecule has 1 aliphatic carbocycles. The minimum atomic E-state index is -3.48. The second-order valence-electron chi connectivity index (χ2n) is 7.03. The number of nitrogens with one attached hydrogen (secondary N) is 1. The van der Waals surface area contributed by atoms with Crippen LogP contribution in [0.3, 0.4) is 0 Å². The van der Waals surface area contributed by atoms with Gasteiger partial charge in [-0.3, -0.25) is 4.79 Å². The molecule has 1 aromatic rings. The molecule has 27 heavy (non-hydrogen) atoms. The second kappa shape index (κ2) is 8.84. The maximum atomic E-state index is 12.6. The van der Waals surface area contributed by atoms with E-state index in [1.807, 2.05) is 0 Å². The summed E-state index contributed by atoms with van der Waals surface area (Å²) in [6.45, 7) is 2.17. The third kappa shape index (κ3) is 5.07. The van der Waals surface area contributed by atoms with Crippen molar-refractivity contribution in [2.75, 3.05) is 19.5 Å². The average molecular weight is 397 g/mol. The lowest BCUT2D eigenvalue weighted by atomic mass is 9.75. The molecule has 1 aromatic carbocycles. The summed E-state index contributed by atoms with van der Waals surface area (Å²) in [5, 5.41) is 12.3. The Morgan fingerprint density at radius 2 is 1.81 bits per heavy atom. The number of hydrogen-bond acceptors (Lipinski definition) is 5. The number of benzene rings is 1. The van der Waals surface area contributed by atoms with Gasteiger partial charge in [-0.25, -0.2) is 13.2 Å². The quantitative estimate of drug-likeness (QED) is 0.696. The Hall–Kier alpha value is -1.93. The fraction of sp³-hybridized carbons (Fsp3) is 0.579. The average Bonchev–Trinajstić information content (AvgIpc) is 2.67. The number of carbonyl (C=O) groups is 2. The topological polar surface area (TPSA) is 110 Å². The smallest absolute Gasteiger partial charge is 0.329 e. The highest BCUT2D eigenvalue weighted by atomic mass is 32.2. The highest BCUT2D eigenvalue weighted by Gasteiger charge is 2.43. The maximum absolute atomic E-state index is 12.6. The number of hydrogen-bond donors (Lipinski definition) is 2. The summed E-state index contributed by atoms with van der Waals surface area (Å²) >= 11 is 0. The van der Waals surface area contributed by atoms with E-state index in [0.29, 0.717) is 18.8 Å². The van der Waals surface area contributed by atoms with Crippen LogP contribution in [0.1, 0.15) is 49.4 Å². The summed E-state index contributed by atoms with van der Waals surface area (Å²) in [4.78, 5) is 24.5. The van der Waals surface area contributed by atoms with Gasteiger partial charge in [0.15, 0.2) is 9.84 Å². The van der Waals surface area contributed by atoms with E-state index < -0.39 is 27.3 Å². The molecule has 1 aliphatic rings. The molecule has 8 heteroatoms. The van der Waals surface area contributed by atoms with E-state index in [1.165, 1.54) is 31.4 Å². The highest BCUT2D eigenvalue weighted by molar-refractivity contribution is 7.91. The normalized spacial score (nSPS) is 23.0. The van der Waals surface area contributed by atoms with Crippen LogP contribution in [0.2, 0.25) is 0 Å². The molecule has 0 aromatic heterocycles. The minimum absolute atomic E-state index is 0.0878. The third-order valence-corrected chi connectivity index (χ3v) is 7.02. The molecule has 1 fully saturated rings. The molecule has 0 bridgehead atoms. The van der Waals surface area contributed by atoms with Crippen molar-refractivity contribution < 1.29 is 27.9 Å². The van der Waals surface area contributed by atoms with Crippen LogP contribution < -0.4 is 5.32 Å². The molecule has 0 saturated heterocycles. The molecule has 0 aliphatic heterocycles. The van der Waals surface area contributed by atoms with E-state index in [2.05, 4.69) is 12.2 Å². The molecule has 1 saturated carbocycles. The number of amides is 1. The SMILES string of the molecule is CCC1CCC(NC(=O)c2ccc(S(=O)(=O)CCOC)cc2)(C(=O)O)CC1. The van der Waals surface area contributed by atoms with E-state index in [-0.39, 0.29) is 22.8 Å². The van der Waals surface area contributed by atoms with Crippen LogP contribution in [0.5, 0.6) is 0 Å². The fourth-order valence-corrected chi connectivity index (χ4v) is 4.56. The van der Waals surface area contributed by atoms with Crippen molar-refractivity contribution in [3.05, 3.63) is 29.8 Å². The zero-order valence-electron chi connectivity index (χ0n) is 15.7. The number of ether oxygens (including phenoxy) is 1. The van der Waals surface area contributed by atoms with Crippen molar-refractivity contribution >= 4 is 21.7 Å². The maximum Gasteiger partial charge on any atom is 0.329 e. The van der Waals surface area contributed by atoms with Gasteiger partial charge in [0, 0.05) is 12.7 Å². The molecule has 0 atom stereocenters. The number of sulfone groups is 1. The van der Waals surface area contributed by atoms with Gasteiger partial charge in [-0.2, -0.15) is 0 Å². The first-order valence-electron chi connectivity index (χ1n) is 9.12. The van der Waals surface area contributed by atoms with E-state index in [9.17, 15) is 23.1 Å². The van der Waals surface area contributed by atoms with Crippen molar-refractivity contribution in [2.45, 2.75) is 49.5 Å². The summed E-state index contributed by atoms with van der Waals surface area (Å²) in [5.41, 5.74) is -1.02. The van der Waals surface area contributed by atoms with Gasteiger partial charge >= 0.3 is 5.97 Å². The number of methoxy groups -OCH3 is 1. The third-order valence-electron chi connectivity index (χ3n) is 5.33. The molecule has 2 rings (SSSR count). The summed E-state index contributed by atoms with van der Waals surface area (Å²) in [7, 11) is -2.05. The van der Waals surface area contributed by atoms with Gasteiger partial charge in [0.25, 0.3) is 5.91 Å². The predicted molar refractivity (Wildman–Crippen MR) is 100 cm³/mol. The summed E-state index contributed by atoms with van der Waals surface area (Å²) in [6, 6.07) is 5.53. The zero-order valence-corrected chi connectivity index (χ0v) is 16.5. The van der Waals surface area contributed by atoms with Crippen LogP contribution in [0.25, 0.3) is 0 Å². The summed E-state index contributed by atoms with van der Waals surface area (Å²) in [6.07, 6.45) is 3.33. The van der Waals surface area contributed by atoms with Gasteiger partial charge < -0.3 is 15.2 Å². The number of carboxylic acid groups (broad SMARTS) is 1. The summed E-state index contributed by atoms with van der Waals surface area (Å²) < 4.78 is 29.1. The van der Waals surface area contributed by atoms with Crippen molar-refractivity contribution in [1.29, 1.82) is 0 Å². The lowest BCUT2D eigenvalue weighted by Crippen LogP contribution is -2.56. The molecule has 2 N–H and O–H groups in total. The van der Waals surface area contributed by atoms with Crippen LogP contribution in [0.4, 0.5) is 0 Å². The van der Waals surface area contributed by atoms with E-state index >= 15 is 0 Å². The Labute approximate surface area is 160 Å². The standard InChI is InChI=1S/C19H27NO6S/c1-3-14-8-10-19(11-9-14,18(22)23)20-17(21)15-4-6-16(7-5-15)27(24,25)13-12-26-2/h4-7,14H,3,8-13H2,1-2H3,(H,20,21)(H,22,23). The van der Waals surface area contributed by atoms with Crippen LogP contribution in [0.15, 0.2) is 29.2 Å². The van der Waals surface area contributed by atoms with Gasteiger partial charge in [0.2, 0.25) is 0 Å². The van der Waals surface area contributed by atoms with Gasteiger partial charge in [-0.05, 0) is 55.9 Å². The van der Waals surface area contributed by atoms with E-state index in [4.69, 9.17) is 4.74 Å². The number of carbonyl (C=O) groups excluding carboxylic acids is 1. The first kappa shape index (κ1) is 21.4. The van der Waals surface area contributed by atoms with Crippen molar-refractivity contribution in [3.63, 3.8) is 0 Å². The largest absolute Gasteiger partial charge is 0.480 e. The van der Waals surface area contributed by atoms with Gasteiger partial charge in [-0.15, -0.1) is 0 Å². The number of carboxylic acids is 1. The molecular formula is C19H27NO6S. The van der Waals surface area contributed by atoms with Crippen LogP contribution in [0, 0.1) is 5.92 Å². The Morgan fingerprint density at radius 1 is 1.22 bits per heavy atom. The van der Waals surface area contributed by atoms with E-state index in [1.54, 1.807) is 0 Å². The second-order valence-corrected chi connectivity index (χ2v) is 9.14. The van der Waals surface area contributed by atoms with Gasteiger partial charge in [0.05, 0.1) is 17.3 Å². The monoisotopic (exact) mass is 397 g/mol. The Bertz CT molecular complexity index is 764. The van der Waals surface area contributed by atoms with Gasteiger partial charge in [-0.1, -0.05) is 13.3 Å². The zero-order chi connectivity index (χ0) is 20.1. The first-order valence-corrected chi connectivity index (χ1v) is 10.8. The lowest BCUT2D eigenvalue weighted by molar-refractivity contribution is -0.146. The van der Waals surface area contributed by atoms with Gasteiger partial charge in [0.1, 0.15) is 5.54 Å².